The van der Waals surface area contributed by atoms with Crippen LogP contribution < -0.4 is 0 Å². The molecule has 1 atom stereocenters. The molecule has 3 heteroatoms. The molecule has 0 spiro atoms. The lowest BCUT2D eigenvalue weighted by atomic mass is 9.90. The van der Waals surface area contributed by atoms with E-state index in [-0.39, 0.29) is 0 Å². The first kappa shape index (κ1) is 17.5. The van der Waals surface area contributed by atoms with E-state index < -0.39 is 0 Å². The fraction of sp³-hybridized carbons (Fsp3) is 0.773. The highest BCUT2D eigenvalue weighted by molar-refractivity contribution is 5.08. The smallest absolute Gasteiger partial charge is 0.0312 e. The minimum Gasteiger partial charge on any atom is -0.300 e. The van der Waals surface area contributed by atoms with Gasteiger partial charge in [0.25, 0.3) is 0 Å². The fourth-order valence-electron chi connectivity index (χ4n) is 5.01. The third-order valence-electron chi connectivity index (χ3n) is 6.50. The zero-order chi connectivity index (χ0) is 16.9. The highest BCUT2D eigenvalue weighted by Crippen LogP contribution is 2.32. The van der Waals surface area contributed by atoms with E-state index in [4.69, 9.17) is 0 Å². The van der Waals surface area contributed by atoms with Gasteiger partial charge >= 0.3 is 0 Å². The maximum absolute atomic E-state index is 4.32. The van der Waals surface area contributed by atoms with E-state index in [1.165, 1.54) is 89.5 Å². The quantitative estimate of drug-likeness (QED) is 0.735. The molecule has 3 nitrogen and oxygen atoms in total. The van der Waals surface area contributed by atoms with Gasteiger partial charge in [-0.15, -0.1) is 0 Å². The summed E-state index contributed by atoms with van der Waals surface area (Å²) in [6.45, 7) is 6.37. The molecule has 0 bridgehead atoms. The van der Waals surface area contributed by atoms with Gasteiger partial charge in [-0.25, -0.2) is 0 Å². The Bertz CT molecular complexity index is 507. The summed E-state index contributed by atoms with van der Waals surface area (Å²) < 4.78 is 0. The summed E-state index contributed by atoms with van der Waals surface area (Å²) in [5.41, 5.74) is 1.38. The first-order valence-electron chi connectivity index (χ1n) is 10.7. The largest absolute Gasteiger partial charge is 0.300 e. The van der Waals surface area contributed by atoms with E-state index >= 15 is 0 Å². The Morgan fingerprint density at radius 3 is 2.56 bits per heavy atom. The summed E-state index contributed by atoms with van der Waals surface area (Å²) in [6, 6.07) is 5.21. The molecule has 1 saturated heterocycles. The third-order valence-corrected chi connectivity index (χ3v) is 6.50. The molecule has 3 aliphatic rings. The molecule has 1 aromatic heterocycles. The molecule has 1 aromatic rings. The minimum atomic E-state index is 0.867. The molecule has 138 valence electrons. The number of hydrogen-bond acceptors (Lipinski definition) is 3. The highest BCUT2D eigenvalue weighted by atomic mass is 15.2. The van der Waals surface area contributed by atoms with E-state index in [9.17, 15) is 0 Å². The predicted molar refractivity (Wildman–Crippen MR) is 103 cm³/mol. The van der Waals surface area contributed by atoms with E-state index in [0.29, 0.717) is 0 Å². The first-order chi connectivity index (χ1) is 12.4. The molecule has 0 unspecified atom stereocenters. The summed E-state index contributed by atoms with van der Waals surface area (Å²) in [4.78, 5) is 9.91. The number of piperidine rings is 1. The van der Waals surface area contributed by atoms with Gasteiger partial charge < -0.3 is 4.90 Å². The van der Waals surface area contributed by atoms with Crippen molar-refractivity contribution >= 4 is 0 Å². The van der Waals surface area contributed by atoms with Crippen molar-refractivity contribution < 1.29 is 0 Å². The maximum atomic E-state index is 4.32. The Morgan fingerprint density at radius 1 is 0.960 bits per heavy atom. The molecular weight excluding hydrogens is 306 g/mol. The van der Waals surface area contributed by atoms with Crippen molar-refractivity contribution in [3.63, 3.8) is 0 Å². The van der Waals surface area contributed by atoms with Crippen molar-refractivity contribution in [1.82, 2.24) is 14.8 Å². The van der Waals surface area contributed by atoms with Gasteiger partial charge in [-0.05, 0) is 68.5 Å². The Labute approximate surface area is 153 Å². The first-order valence-corrected chi connectivity index (χ1v) is 10.7. The van der Waals surface area contributed by atoms with Crippen molar-refractivity contribution in [2.75, 3.05) is 26.2 Å². The Kier molecular flexibility index (Phi) is 6.04. The van der Waals surface area contributed by atoms with Crippen molar-refractivity contribution in [2.45, 2.75) is 70.4 Å². The molecule has 2 saturated carbocycles. The topological polar surface area (TPSA) is 19.4 Å². The number of hydrogen-bond donors (Lipinski definition) is 0. The maximum Gasteiger partial charge on any atom is 0.0312 e. The van der Waals surface area contributed by atoms with Gasteiger partial charge in [-0.3, -0.25) is 9.88 Å². The molecule has 0 amide bonds. The van der Waals surface area contributed by atoms with Crippen LogP contribution in [0.1, 0.15) is 63.4 Å². The van der Waals surface area contributed by atoms with E-state index in [2.05, 4.69) is 33.1 Å². The van der Waals surface area contributed by atoms with Crippen LogP contribution in [0.25, 0.3) is 0 Å². The number of rotatable bonds is 7. The van der Waals surface area contributed by atoms with E-state index in [1.54, 1.807) is 0 Å². The lowest BCUT2D eigenvalue weighted by Gasteiger charge is -2.41. The Morgan fingerprint density at radius 2 is 1.80 bits per heavy atom. The van der Waals surface area contributed by atoms with Crippen molar-refractivity contribution in [3.8, 4) is 0 Å². The van der Waals surface area contributed by atoms with Crippen molar-refractivity contribution in [3.05, 3.63) is 30.1 Å². The zero-order valence-electron chi connectivity index (χ0n) is 15.8. The monoisotopic (exact) mass is 341 g/mol. The summed E-state index contributed by atoms with van der Waals surface area (Å²) in [7, 11) is 0. The van der Waals surface area contributed by atoms with Crippen LogP contribution in [0, 0.1) is 11.8 Å². The normalized spacial score (nSPS) is 26.2. The number of nitrogens with zero attached hydrogens (tertiary/aromatic N) is 3. The standard InChI is InChI=1S/C22H35N3/c1-2-8-22(9-3-1)25-13-5-7-21(18-25)17-24(15-19-10-11-19)16-20-6-4-12-23-14-20/h4,6,12,14,19,21-22H,1-3,5,7-11,13,15-18H2/t21-/m1/s1. The second kappa shape index (κ2) is 8.64. The van der Waals surface area contributed by atoms with Gasteiger partial charge in [0.05, 0.1) is 0 Å². The summed E-state index contributed by atoms with van der Waals surface area (Å²) in [5.74, 6) is 1.83. The van der Waals surface area contributed by atoms with Crippen LogP contribution in [-0.4, -0.2) is 47.0 Å². The second-order valence-corrected chi connectivity index (χ2v) is 8.79. The lowest BCUT2D eigenvalue weighted by molar-refractivity contribution is 0.0777. The SMILES string of the molecule is c1cncc(CN(CC2CC2)C[C@H]2CCCN(C3CCCCC3)C2)c1. The Balaban J connectivity index is 1.33. The molecule has 0 aromatic carbocycles. The molecular formula is C22H35N3. The number of aromatic nitrogens is 1. The summed E-state index contributed by atoms with van der Waals surface area (Å²) in [6.07, 6.45) is 17.0. The highest BCUT2D eigenvalue weighted by Gasteiger charge is 2.30. The molecule has 3 fully saturated rings. The van der Waals surface area contributed by atoms with Gasteiger partial charge in [0.2, 0.25) is 0 Å². The van der Waals surface area contributed by atoms with Crippen molar-refractivity contribution in [2.24, 2.45) is 11.8 Å². The molecule has 2 aliphatic carbocycles. The van der Waals surface area contributed by atoms with Crippen LogP contribution in [0.15, 0.2) is 24.5 Å². The van der Waals surface area contributed by atoms with Gasteiger partial charge in [-0.1, -0.05) is 25.3 Å². The predicted octanol–water partition coefficient (Wildman–Crippen LogP) is 4.34. The second-order valence-electron chi connectivity index (χ2n) is 8.79. The van der Waals surface area contributed by atoms with Crippen LogP contribution >= 0.6 is 0 Å². The van der Waals surface area contributed by atoms with Crippen LogP contribution in [0.4, 0.5) is 0 Å². The third kappa shape index (κ3) is 5.27. The fourth-order valence-corrected chi connectivity index (χ4v) is 5.01. The van der Waals surface area contributed by atoms with Crippen LogP contribution in [0.3, 0.4) is 0 Å². The molecule has 25 heavy (non-hydrogen) atoms. The number of likely N-dealkylation sites (tertiary alicyclic amines) is 1. The van der Waals surface area contributed by atoms with E-state index in [1.807, 2.05) is 6.20 Å². The molecule has 1 aliphatic heterocycles. The minimum absolute atomic E-state index is 0.867. The van der Waals surface area contributed by atoms with Crippen LogP contribution in [0.2, 0.25) is 0 Å². The van der Waals surface area contributed by atoms with Gasteiger partial charge in [0.1, 0.15) is 0 Å². The zero-order valence-corrected chi connectivity index (χ0v) is 15.8. The number of pyridine rings is 1. The van der Waals surface area contributed by atoms with Crippen LogP contribution in [-0.2, 0) is 6.54 Å². The van der Waals surface area contributed by atoms with Gasteiger partial charge in [0, 0.05) is 44.6 Å². The Hall–Kier alpha value is -0.930. The average Bonchev–Trinajstić information content (AvgIpc) is 3.47. The van der Waals surface area contributed by atoms with Gasteiger partial charge in [0.15, 0.2) is 0 Å². The average molecular weight is 342 g/mol. The molecule has 0 N–H and O–H groups in total. The van der Waals surface area contributed by atoms with Gasteiger partial charge in [-0.2, -0.15) is 0 Å². The van der Waals surface area contributed by atoms with Crippen LogP contribution in [0.5, 0.6) is 0 Å². The van der Waals surface area contributed by atoms with Crippen molar-refractivity contribution in [1.29, 1.82) is 0 Å². The molecule has 0 radical (unpaired) electrons. The summed E-state index contributed by atoms with van der Waals surface area (Å²) in [5, 5.41) is 0. The summed E-state index contributed by atoms with van der Waals surface area (Å²) >= 11 is 0. The molecule has 4 rings (SSSR count). The van der Waals surface area contributed by atoms with E-state index in [0.717, 1.165) is 24.4 Å². The lowest BCUT2D eigenvalue weighted by Crippen LogP contribution is -2.46. The molecule has 2 heterocycles.